The number of hydrogen-bond acceptors (Lipinski definition) is 4. The molecule has 0 unspecified atom stereocenters. The summed E-state index contributed by atoms with van der Waals surface area (Å²) >= 11 is 0. The third kappa shape index (κ3) is 5.28. The van der Waals surface area contributed by atoms with Gasteiger partial charge in [0.05, 0.1) is 0 Å². The summed E-state index contributed by atoms with van der Waals surface area (Å²) in [5, 5.41) is 0.747. The summed E-state index contributed by atoms with van der Waals surface area (Å²) in [6.07, 6.45) is -0.562. The van der Waals surface area contributed by atoms with E-state index in [4.69, 9.17) is 0 Å². The van der Waals surface area contributed by atoms with Gasteiger partial charge in [-0.25, -0.2) is 4.98 Å². The van der Waals surface area contributed by atoms with Crippen molar-refractivity contribution < 1.29 is 21.6 Å². The van der Waals surface area contributed by atoms with Crippen molar-refractivity contribution in [3.05, 3.63) is 48.0 Å². The highest BCUT2D eigenvalue weighted by molar-refractivity contribution is 7.87. The molecule has 2 aromatic heterocycles. The second kappa shape index (κ2) is 8.45. The summed E-state index contributed by atoms with van der Waals surface area (Å²) in [7, 11) is -0.779. The molecule has 3 aromatic rings. The van der Waals surface area contributed by atoms with Gasteiger partial charge in [-0.15, -0.1) is 0 Å². The Labute approximate surface area is 185 Å². The molecule has 1 N–H and O–H groups in total. The quantitative estimate of drug-likeness (QED) is 0.591. The molecule has 2 heterocycles. The van der Waals surface area contributed by atoms with Crippen molar-refractivity contribution >= 4 is 21.1 Å². The molecule has 0 bridgehead atoms. The van der Waals surface area contributed by atoms with Crippen molar-refractivity contribution in [2.24, 2.45) is 5.41 Å². The van der Waals surface area contributed by atoms with Gasteiger partial charge >= 0.3 is 6.18 Å². The summed E-state index contributed by atoms with van der Waals surface area (Å²) in [6.45, 7) is 6.76. The zero-order valence-corrected chi connectivity index (χ0v) is 19.3. The highest BCUT2D eigenvalue weighted by atomic mass is 32.2. The minimum absolute atomic E-state index is 0.0481. The summed E-state index contributed by atoms with van der Waals surface area (Å²) in [5.41, 5.74) is 0.275. The Morgan fingerprint density at radius 1 is 1.09 bits per heavy atom. The highest BCUT2D eigenvalue weighted by Gasteiger charge is 2.36. The van der Waals surface area contributed by atoms with Crippen LogP contribution >= 0.6 is 0 Å². The van der Waals surface area contributed by atoms with E-state index in [2.05, 4.69) is 14.7 Å². The van der Waals surface area contributed by atoms with Gasteiger partial charge in [0, 0.05) is 62.2 Å². The molecule has 0 atom stereocenters. The van der Waals surface area contributed by atoms with Gasteiger partial charge in [-0.1, -0.05) is 32.9 Å². The molecule has 0 aliphatic carbocycles. The van der Waals surface area contributed by atoms with Crippen molar-refractivity contribution in [2.75, 3.05) is 14.1 Å². The van der Waals surface area contributed by atoms with E-state index in [1.807, 2.05) is 31.5 Å². The molecular weight excluding hydrogens is 443 g/mol. The largest absolute Gasteiger partial charge is 0.435 e. The molecule has 1 aromatic carbocycles. The molecule has 0 aliphatic rings. The lowest BCUT2D eigenvalue weighted by molar-refractivity contribution is -0.140. The lowest BCUT2D eigenvalue weighted by Crippen LogP contribution is -2.35. The first kappa shape index (κ1) is 24.1. The molecule has 0 radical (unpaired) electrons. The third-order valence-electron chi connectivity index (χ3n) is 4.78. The molecule has 0 amide bonds. The maximum Gasteiger partial charge on any atom is 0.435 e. The Hall–Kier alpha value is -2.50. The monoisotopic (exact) mass is 469 g/mol. The summed E-state index contributed by atoms with van der Waals surface area (Å²) in [6, 6.07) is 4.88. The van der Waals surface area contributed by atoms with Crippen LogP contribution in [0, 0.1) is 5.41 Å². The molecule has 0 saturated carbocycles. The summed E-state index contributed by atoms with van der Waals surface area (Å²) < 4.78 is 70.2. The lowest BCUT2D eigenvalue weighted by Gasteiger charge is -2.20. The minimum atomic E-state index is -4.64. The number of benzene rings is 1. The van der Waals surface area contributed by atoms with E-state index in [1.54, 1.807) is 18.2 Å². The van der Waals surface area contributed by atoms with Crippen LogP contribution < -0.4 is 4.72 Å². The Balaban J connectivity index is 2.13. The van der Waals surface area contributed by atoms with Gasteiger partial charge in [-0.05, 0) is 17.0 Å². The van der Waals surface area contributed by atoms with Crippen LogP contribution in [0.5, 0.6) is 0 Å². The average Bonchev–Trinajstić information content (AvgIpc) is 3.01. The molecule has 0 spiro atoms. The second-order valence-electron chi connectivity index (χ2n) is 8.93. The molecule has 7 nitrogen and oxygen atoms in total. The first-order chi connectivity index (χ1) is 14.7. The normalized spacial score (nSPS) is 13.3. The summed E-state index contributed by atoms with van der Waals surface area (Å²) in [5.74, 6) is 0. The van der Waals surface area contributed by atoms with Gasteiger partial charge in [-0.2, -0.15) is 30.6 Å². The van der Waals surface area contributed by atoms with Crippen molar-refractivity contribution in [3.63, 3.8) is 0 Å². The van der Waals surface area contributed by atoms with Crippen LogP contribution in [-0.2, 0) is 29.5 Å². The number of nitrogens with one attached hydrogen (secondary N) is 1. The molecule has 32 heavy (non-hydrogen) atoms. The number of aromatic nitrogens is 3. The maximum atomic E-state index is 13.5. The van der Waals surface area contributed by atoms with E-state index < -0.39 is 22.1 Å². The van der Waals surface area contributed by atoms with E-state index in [-0.39, 0.29) is 23.2 Å². The predicted molar refractivity (Wildman–Crippen MR) is 117 cm³/mol. The van der Waals surface area contributed by atoms with Crippen molar-refractivity contribution in [1.29, 1.82) is 0 Å². The average molecular weight is 470 g/mol. The number of alkyl halides is 3. The fraction of sp³-hybridized carbons (Fsp3) is 0.429. The lowest BCUT2D eigenvalue weighted by atomic mass is 9.97. The molecular formula is C21H26F3N5O2S. The maximum absolute atomic E-state index is 13.5. The Bertz CT molecular complexity index is 1230. The molecule has 11 heteroatoms. The third-order valence-corrected chi connectivity index (χ3v) is 6.25. The molecule has 0 fully saturated rings. The topological polar surface area (TPSA) is 80.1 Å². The first-order valence-electron chi connectivity index (χ1n) is 9.86. The van der Waals surface area contributed by atoms with E-state index >= 15 is 0 Å². The number of fused-ring (bicyclic) bond motifs is 1. The molecule has 0 saturated heterocycles. The number of rotatable bonds is 6. The first-order valence-corrected chi connectivity index (χ1v) is 11.3. The van der Waals surface area contributed by atoms with Crippen LogP contribution in [-0.4, -0.2) is 41.4 Å². The summed E-state index contributed by atoms with van der Waals surface area (Å²) in [4.78, 5) is 7.42. The minimum Gasteiger partial charge on any atom is -0.347 e. The molecule has 3 rings (SSSR count). The number of nitrogens with zero attached hydrogens (tertiary/aromatic N) is 4. The zero-order chi connectivity index (χ0) is 23.9. The van der Waals surface area contributed by atoms with Crippen LogP contribution in [0.25, 0.3) is 22.2 Å². The van der Waals surface area contributed by atoms with Crippen LogP contribution in [0.15, 0.2) is 36.8 Å². The van der Waals surface area contributed by atoms with Gasteiger partial charge in [0.1, 0.15) is 5.69 Å². The van der Waals surface area contributed by atoms with E-state index in [9.17, 15) is 21.6 Å². The van der Waals surface area contributed by atoms with Crippen LogP contribution in [0.1, 0.15) is 32.0 Å². The fourth-order valence-electron chi connectivity index (χ4n) is 3.35. The second-order valence-corrected chi connectivity index (χ2v) is 10.9. The van der Waals surface area contributed by atoms with Crippen LogP contribution in [0.4, 0.5) is 13.2 Å². The van der Waals surface area contributed by atoms with Crippen LogP contribution in [0.2, 0.25) is 0 Å². The molecule has 174 valence electrons. The number of halogens is 3. The fourth-order valence-corrected chi connectivity index (χ4v) is 3.95. The van der Waals surface area contributed by atoms with E-state index in [0.717, 1.165) is 21.5 Å². The Morgan fingerprint density at radius 3 is 2.34 bits per heavy atom. The highest BCUT2D eigenvalue weighted by Crippen LogP contribution is 2.36. The SMILES string of the molecule is CN(C)S(=O)(=O)NCc1cn(CC(C)(C)C)c2cc(-c3nccnc3C(F)(F)F)ccc12. The smallest absolute Gasteiger partial charge is 0.347 e. The van der Waals surface area contributed by atoms with Crippen molar-refractivity contribution in [2.45, 2.75) is 40.0 Å². The standard InChI is InChI=1S/C21H26F3N5O2S/c1-20(2,3)13-29-12-15(11-27-32(30,31)28(4)5)16-7-6-14(10-17(16)29)18-19(21(22,23)24)26-9-8-25-18/h6-10,12,27H,11,13H2,1-5H3. The van der Waals surface area contributed by atoms with Gasteiger partial charge in [-0.3, -0.25) is 4.98 Å². The van der Waals surface area contributed by atoms with Gasteiger partial charge < -0.3 is 4.57 Å². The van der Waals surface area contributed by atoms with Gasteiger partial charge in [0.25, 0.3) is 10.2 Å². The van der Waals surface area contributed by atoms with E-state index in [1.165, 1.54) is 20.3 Å². The molecule has 0 aliphatic heterocycles. The van der Waals surface area contributed by atoms with Crippen molar-refractivity contribution in [3.8, 4) is 11.3 Å². The zero-order valence-electron chi connectivity index (χ0n) is 18.5. The Morgan fingerprint density at radius 2 is 1.75 bits per heavy atom. The number of hydrogen-bond donors (Lipinski definition) is 1. The Kier molecular flexibility index (Phi) is 6.38. The van der Waals surface area contributed by atoms with Crippen LogP contribution in [0.3, 0.4) is 0 Å². The van der Waals surface area contributed by atoms with Gasteiger partial charge in [0.15, 0.2) is 5.69 Å². The van der Waals surface area contributed by atoms with Gasteiger partial charge in [0.2, 0.25) is 0 Å². The predicted octanol–water partition coefficient (Wildman–Crippen LogP) is 4.06. The van der Waals surface area contributed by atoms with Crippen molar-refractivity contribution in [1.82, 2.24) is 23.6 Å². The van der Waals surface area contributed by atoms with E-state index in [0.29, 0.717) is 12.1 Å².